The number of alkyl halides is 10. The molecule has 1 fully saturated rings. The van der Waals surface area contributed by atoms with Crippen molar-refractivity contribution in [2.75, 3.05) is 0 Å². The highest BCUT2D eigenvalue weighted by Gasteiger charge is 2.74. The Hall–Kier alpha value is -0.780. The summed E-state index contributed by atoms with van der Waals surface area (Å²) < 4.78 is 132. The monoisotopic (exact) mass is 352 g/mol. The van der Waals surface area contributed by atoms with E-state index in [0.717, 1.165) is 6.92 Å². The zero-order valence-corrected chi connectivity index (χ0v) is 10.8. The van der Waals surface area contributed by atoms with Crippen LogP contribution in [0.25, 0.3) is 0 Å². The summed E-state index contributed by atoms with van der Waals surface area (Å²) in [5.41, 5.74) is 0. The third-order valence-corrected chi connectivity index (χ3v) is 3.23. The molecule has 3 unspecified atom stereocenters. The lowest BCUT2D eigenvalue weighted by Crippen LogP contribution is -2.58. The van der Waals surface area contributed by atoms with Gasteiger partial charge in [-0.1, -0.05) is 6.92 Å². The summed E-state index contributed by atoms with van der Waals surface area (Å²) in [5, 5.41) is 0. The van der Waals surface area contributed by atoms with Gasteiger partial charge in [-0.15, -0.1) is 13.2 Å². The Bertz CT molecular complexity index is 405. The van der Waals surface area contributed by atoms with E-state index in [4.69, 9.17) is 0 Å². The predicted octanol–water partition coefficient (Wildman–Crippen LogP) is 4.85. The zero-order chi connectivity index (χ0) is 17.6. The topological polar surface area (TPSA) is 18.5 Å². The van der Waals surface area contributed by atoms with Crippen molar-refractivity contribution >= 4 is 0 Å². The molecule has 3 atom stereocenters. The molecule has 0 heterocycles. The van der Waals surface area contributed by atoms with Gasteiger partial charge in [-0.25, -0.2) is 13.5 Å². The Balaban J connectivity index is 3.21. The van der Waals surface area contributed by atoms with Crippen LogP contribution in [-0.2, 0) is 9.47 Å². The van der Waals surface area contributed by atoms with Crippen LogP contribution in [0.5, 0.6) is 0 Å². The first-order valence-electron chi connectivity index (χ1n) is 5.87. The molecule has 0 bridgehead atoms. The quantitative estimate of drug-likeness (QED) is 0.674. The fourth-order valence-electron chi connectivity index (χ4n) is 2.20. The Kier molecular flexibility index (Phi) is 4.72. The van der Waals surface area contributed by atoms with Crippen LogP contribution in [-0.4, -0.2) is 30.4 Å². The van der Waals surface area contributed by atoms with Crippen LogP contribution < -0.4 is 0 Å². The molecule has 1 rings (SSSR count). The van der Waals surface area contributed by atoms with E-state index in [0.29, 0.717) is 0 Å². The Morgan fingerprint density at radius 1 is 0.955 bits per heavy atom. The molecule has 1 aliphatic carbocycles. The molecule has 1 saturated carbocycles. The molecule has 0 aliphatic heterocycles. The summed E-state index contributed by atoms with van der Waals surface area (Å²) in [5.74, 6) is -11.1. The average molecular weight is 352 g/mol. The molecule has 22 heavy (non-hydrogen) atoms. The van der Waals surface area contributed by atoms with Gasteiger partial charge in [0.1, 0.15) is 0 Å². The number of hydrogen-bond acceptors (Lipinski definition) is 2. The van der Waals surface area contributed by atoms with Crippen LogP contribution >= 0.6 is 0 Å². The van der Waals surface area contributed by atoms with E-state index in [2.05, 4.69) is 9.47 Å². The van der Waals surface area contributed by atoms with Crippen molar-refractivity contribution in [2.24, 2.45) is 5.92 Å². The normalized spacial score (nSPS) is 34.2. The molecule has 0 radical (unpaired) electrons. The van der Waals surface area contributed by atoms with Gasteiger partial charge in [-0.05, 0) is 12.8 Å². The molecule has 0 saturated heterocycles. The van der Waals surface area contributed by atoms with E-state index in [1.54, 1.807) is 0 Å². The summed E-state index contributed by atoms with van der Waals surface area (Å²) in [6.45, 7) is 1.06. The van der Waals surface area contributed by atoms with E-state index < -0.39 is 55.5 Å². The number of rotatable bonds is 4. The van der Waals surface area contributed by atoms with Crippen molar-refractivity contribution in [3.05, 3.63) is 0 Å². The summed E-state index contributed by atoms with van der Waals surface area (Å²) in [7, 11) is 0. The molecule has 0 aromatic heterocycles. The molecule has 1 aliphatic rings. The van der Waals surface area contributed by atoms with E-state index in [1.807, 2.05) is 0 Å². The second-order valence-corrected chi connectivity index (χ2v) is 4.68. The van der Waals surface area contributed by atoms with Gasteiger partial charge >= 0.3 is 18.6 Å². The largest absolute Gasteiger partial charge is 0.525 e. The lowest BCUT2D eigenvalue weighted by Gasteiger charge is -2.38. The van der Waals surface area contributed by atoms with Gasteiger partial charge < -0.3 is 0 Å². The van der Waals surface area contributed by atoms with Gasteiger partial charge in [-0.2, -0.15) is 22.0 Å². The maximum atomic E-state index is 14.4. The van der Waals surface area contributed by atoms with Gasteiger partial charge in [-0.3, -0.25) is 4.74 Å². The second kappa shape index (κ2) is 5.39. The minimum absolute atomic E-state index is 0.544. The van der Waals surface area contributed by atoms with Crippen LogP contribution in [0.15, 0.2) is 0 Å². The van der Waals surface area contributed by atoms with Gasteiger partial charge in [0.25, 0.3) is 11.7 Å². The number of hydrogen-bond donors (Lipinski definition) is 0. The van der Waals surface area contributed by atoms with Crippen LogP contribution in [0.4, 0.5) is 43.9 Å². The van der Waals surface area contributed by atoms with Gasteiger partial charge in [0.15, 0.2) is 0 Å². The summed E-state index contributed by atoms with van der Waals surface area (Å²) in [6.07, 6.45) is -21.1. The van der Waals surface area contributed by atoms with Gasteiger partial charge in [0.2, 0.25) is 0 Å². The molecule has 0 aromatic carbocycles. The molecule has 0 amide bonds. The molecule has 0 spiro atoms. The highest BCUT2D eigenvalue weighted by molar-refractivity contribution is 5.00. The first-order valence-corrected chi connectivity index (χ1v) is 5.87. The Morgan fingerprint density at radius 2 is 1.45 bits per heavy atom. The lowest BCUT2D eigenvalue weighted by molar-refractivity contribution is -0.495. The maximum absolute atomic E-state index is 14.4. The third kappa shape index (κ3) is 3.42. The van der Waals surface area contributed by atoms with Crippen molar-refractivity contribution < 1.29 is 53.4 Å². The first kappa shape index (κ1) is 19.3. The van der Waals surface area contributed by atoms with Crippen molar-refractivity contribution in [3.8, 4) is 0 Å². The predicted molar refractivity (Wildman–Crippen MR) is 49.9 cm³/mol. The SMILES string of the molecule is CCC1CCC(F)(OC(F)(F)F)C1(F)OC(F)(F)C(F)(F)F. The summed E-state index contributed by atoms with van der Waals surface area (Å²) in [6, 6.07) is 0. The van der Waals surface area contributed by atoms with Crippen LogP contribution in [0, 0.1) is 5.92 Å². The average Bonchev–Trinajstić information content (AvgIpc) is 2.46. The van der Waals surface area contributed by atoms with Crippen molar-refractivity contribution in [1.29, 1.82) is 0 Å². The van der Waals surface area contributed by atoms with Crippen LogP contribution in [0.1, 0.15) is 26.2 Å². The van der Waals surface area contributed by atoms with Crippen molar-refractivity contribution in [3.63, 3.8) is 0 Å². The van der Waals surface area contributed by atoms with E-state index in [9.17, 15) is 43.9 Å². The zero-order valence-electron chi connectivity index (χ0n) is 10.8. The molecule has 0 aromatic rings. The van der Waals surface area contributed by atoms with E-state index in [-0.39, 0.29) is 0 Å². The molecule has 12 heteroatoms. The van der Waals surface area contributed by atoms with Gasteiger partial charge in [0, 0.05) is 12.3 Å². The molecule has 132 valence electrons. The molecular weight excluding hydrogens is 342 g/mol. The molecule has 2 nitrogen and oxygen atoms in total. The smallest absolute Gasteiger partial charge is 0.270 e. The third-order valence-electron chi connectivity index (χ3n) is 3.23. The van der Waals surface area contributed by atoms with Crippen molar-refractivity contribution in [1.82, 2.24) is 0 Å². The minimum Gasteiger partial charge on any atom is -0.270 e. The number of ether oxygens (including phenoxy) is 2. The first-order chi connectivity index (χ1) is 9.58. The molecule has 0 N–H and O–H groups in total. The van der Waals surface area contributed by atoms with E-state index in [1.165, 1.54) is 0 Å². The summed E-state index contributed by atoms with van der Waals surface area (Å²) >= 11 is 0. The van der Waals surface area contributed by atoms with Crippen LogP contribution in [0.3, 0.4) is 0 Å². The van der Waals surface area contributed by atoms with E-state index >= 15 is 0 Å². The summed E-state index contributed by atoms with van der Waals surface area (Å²) in [4.78, 5) is 0. The highest BCUT2D eigenvalue weighted by atomic mass is 19.4. The lowest BCUT2D eigenvalue weighted by atomic mass is 9.99. The standard InChI is InChI=1S/C10H10F10O2/c1-2-5-3-4-6(11,21-10(18,19)20)7(5,12)22-9(16,17)8(13,14)15/h5H,2-4H2,1H3. The maximum Gasteiger partial charge on any atom is 0.525 e. The van der Waals surface area contributed by atoms with Gasteiger partial charge in [0.05, 0.1) is 0 Å². The Labute approximate surface area is 117 Å². The minimum atomic E-state index is -6.44. The fourth-order valence-corrected chi connectivity index (χ4v) is 2.20. The number of halogens is 10. The fraction of sp³-hybridized carbons (Fsp3) is 1.00. The molecular formula is C10H10F10O2. The van der Waals surface area contributed by atoms with Crippen molar-refractivity contribution in [2.45, 2.75) is 56.5 Å². The highest BCUT2D eigenvalue weighted by Crippen LogP contribution is 2.56. The Morgan fingerprint density at radius 3 is 1.82 bits per heavy atom. The second-order valence-electron chi connectivity index (χ2n) is 4.68. The van der Waals surface area contributed by atoms with Crippen LogP contribution in [0.2, 0.25) is 0 Å².